The van der Waals surface area contributed by atoms with Crippen LogP contribution in [0.3, 0.4) is 0 Å². The number of rotatable bonds is 6. The molecule has 1 heterocycles. The van der Waals surface area contributed by atoms with Gasteiger partial charge in [0.05, 0.1) is 5.41 Å². The molecule has 0 aliphatic heterocycles. The minimum Gasteiger partial charge on any atom is -0.311 e. The van der Waals surface area contributed by atoms with Gasteiger partial charge in [-0.1, -0.05) is 194 Å². The zero-order valence-corrected chi connectivity index (χ0v) is 35.2. The van der Waals surface area contributed by atoms with Crippen molar-refractivity contribution in [2.75, 3.05) is 4.90 Å². The second-order valence-corrected chi connectivity index (χ2v) is 17.8. The molecule has 0 atom stereocenters. The van der Waals surface area contributed by atoms with Crippen LogP contribution >= 0.6 is 11.3 Å². The SMILES string of the molecule is c1ccc(-c2ccc(N(c3ccc(-c4ccccc4)cc3)c3ccc(-c4cccc5sc6c7c(ccc6c45)C4(c5ccccc5-c5ccccc54)c4ccccc4-7)cc3)cc2)cc1. The third-order valence-electron chi connectivity index (χ3n) is 13.5. The Labute approximate surface area is 371 Å². The molecule has 0 N–H and O–H groups in total. The Hall–Kier alpha value is -7.78. The van der Waals surface area contributed by atoms with E-state index in [1.807, 2.05) is 11.3 Å². The van der Waals surface area contributed by atoms with Crippen molar-refractivity contribution < 1.29 is 0 Å². The van der Waals surface area contributed by atoms with E-state index < -0.39 is 0 Å². The Bertz CT molecular complexity index is 3400. The summed E-state index contributed by atoms with van der Waals surface area (Å²) in [5.41, 5.74) is 21.2. The molecule has 2 aliphatic rings. The quantitative estimate of drug-likeness (QED) is 0.162. The molecule has 10 aromatic carbocycles. The van der Waals surface area contributed by atoms with E-state index in [1.165, 1.54) is 98.1 Å². The van der Waals surface area contributed by atoms with Gasteiger partial charge in [-0.3, -0.25) is 0 Å². The summed E-state index contributed by atoms with van der Waals surface area (Å²) in [4.78, 5) is 2.36. The number of hydrogen-bond acceptors (Lipinski definition) is 2. The van der Waals surface area contributed by atoms with Crippen LogP contribution in [-0.4, -0.2) is 0 Å². The van der Waals surface area contributed by atoms with Crippen LogP contribution in [0.1, 0.15) is 22.3 Å². The number of nitrogens with zero attached hydrogens (tertiary/aromatic N) is 1. The van der Waals surface area contributed by atoms with E-state index in [-0.39, 0.29) is 5.41 Å². The van der Waals surface area contributed by atoms with Crippen LogP contribution < -0.4 is 4.90 Å². The lowest BCUT2D eigenvalue weighted by molar-refractivity contribution is 0.794. The molecular weight excluding hydrogens is 779 g/mol. The molecule has 1 nitrogen and oxygen atoms in total. The van der Waals surface area contributed by atoms with Crippen LogP contribution in [0.2, 0.25) is 0 Å². The van der Waals surface area contributed by atoms with Crippen LogP contribution in [-0.2, 0) is 5.41 Å². The van der Waals surface area contributed by atoms with E-state index in [0.717, 1.165) is 17.1 Å². The Balaban J connectivity index is 0.936. The first-order chi connectivity index (χ1) is 31.3. The van der Waals surface area contributed by atoms with Gasteiger partial charge in [0.2, 0.25) is 0 Å². The Kier molecular flexibility index (Phi) is 8.06. The lowest BCUT2D eigenvalue weighted by atomic mass is 9.70. The zero-order valence-electron chi connectivity index (χ0n) is 34.4. The van der Waals surface area contributed by atoms with Gasteiger partial charge >= 0.3 is 0 Å². The van der Waals surface area contributed by atoms with Crippen molar-refractivity contribution in [1.29, 1.82) is 0 Å². The summed E-state index contributed by atoms with van der Waals surface area (Å²) < 4.78 is 2.67. The van der Waals surface area contributed by atoms with E-state index in [2.05, 4.69) is 241 Å². The molecule has 0 saturated carbocycles. The van der Waals surface area contributed by atoms with Gasteiger partial charge in [-0.15, -0.1) is 11.3 Å². The lowest BCUT2D eigenvalue weighted by Crippen LogP contribution is -2.25. The second-order valence-electron chi connectivity index (χ2n) is 16.7. The van der Waals surface area contributed by atoms with Crippen molar-refractivity contribution in [1.82, 2.24) is 0 Å². The first kappa shape index (κ1) is 35.9. The molecule has 63 heavy (non-hydrogen) atoms. The van der Waals surface area contributed by atoms with Crippen LogP contribution in [0.4, 0.5) is 17.1 Å². The highest BCUT2D eigenvalue weighted by atomic mass is 32.1. The van der Waals surface area contributed by atoms with Gasteiger partial charge in [0.1, 0.15) is 0 Å². The molecule has 0 amide bonds. The van der Waals surface area contributed by atoms with Crippen molar-refractivity contribution in [3.63, 3.8) is 0 Å². The van der Waals surface area contributed by atoms with E-state index >= 15 is 0 Å². The minimum absolute atomic E-state index is 0.349. The van der Waals surface area contributed by atoms with E-state index in [1.54, 1.807) is 0 Å². The van der Waals surface area contributed by atoms with Gasteiger partial charge in [-0.25, -0.2) is 0 Å². The fourth-order valence-electron chi connectivity index (χ4n) is 10.8. The summed E-state index contributed by atoms with van der Waals surface area (Å²) in [5, 5.41) is 2.64. The van der Waals surface area contributed by atoms with Crippen LogP contribution in [0, 0.1) is 0 Å². The molecule has 0 radical (unpaired) electrons. The lowest BCUT2D eigenvalue weighted by Gasteiger charge is -2.30. The average Bonchev–Trinajstić information content (AvgIpc) is 4.00. The van der Waals surface area contributed by atoms with Gasteiger partial charge < -0.3 is 4.90 Å². The standard InChI is InChI=1S/C61H39NS/c1-3-14-40(15-4-1)42-26-32-45(33-27-42)62(46-34-28-43(29-35-46)41-16-5-2-6-17-41)47-36-30-44(31-37-47)48-21-13-25-57-58(48)52-38-39-56-59(60(52)63-57)51-20-9-12-24-55(51)61(56)53-22-10-7-18-49(53)50-19-8-11-23-54(50)61/h1-39H. The monoisotopic (exact) mass is 817 g/mol. The molecular formula is C61H39NS. The Morgan fingerprint density at radius 2 is 0.730 bits per heavy atom. The van der Waals surface area contributed by atoms with Crippen molar-refractivity contribution in [2.24, 2.45) is 0 Å². The van der Waals surface area contributed by atoms with E-state index in [9.17, 15) is 0 Å². The van der Waals surface area contributed by atoms with Gasteiger partial charge in [-0.05, 0) is 115 Å². The molecule has 0 fully saturated rings. The first-order valence-corrected chi connectivity index (χ1v) is 22.6. The fraction of sp³-hybridized carbons (Fsp3) is 0.0164. The first-order valence-electron chi connectivity index (χ1n) is 21.8. The molecule has 1 spiro atoms. The maximum absolute atomic E-state index is 2.45. The predicted molar refractivity (Wildman–Crippen MR) is 267 cm³/mol. The fourth-order valence-corrected chi connectivity index (χ4v) is 12.1. The largest absolute Gasteiger partial charge is 0.311 e. The van der Waals surface area contributed by atoms with Crippen molar-refractivity contribution in [2.45, 2.75) is 5.41 Å². The molecule has 13 rings (SSSR count). The number of hydrogen-bond donors (Lipinski definition) is 0. The molecule has 2 aliphatic carbocycles. The van der Waals surface area contributed by atoms with Gasteiger partial charge in [-0.2, -0.15) is 0 Å². The van der Waals surface area contributed by atoms with Gasteiger partial charge in [0, 0.05) is 42.8 Å². The van der Waals surface area contributed by atoms with Crippen LogP contribution in [0.15, 0.2) is 237 Å². The summed E-state index contributed by atoms with van der Waals surface area (Å²) in [7, 11) is 0. The maximum Gasteiger partial charge on any atom is 0.0726 e. The summed E-state index contributed by atoms with van der Waals surface area (Å²) in [5.74, 6) is 0. The number of fused-ring (bicyclic) bond motifs is 14. The summed E-state index contributed by atoms with van der Waals surface area (Å²) in [6.45, 7) is 0. The molecule has 0 saturated heterocycles. The Morgan fingerprint density at radius 1 is 0.302 bits per heavy atom. The molecule has 2 heteroatoms. The Morgan fingerprint density at radius 3 is 1.27 bits per heavy atom. The van der Waals surface area contributed by atoms with Crippen LogP contribution in [0.25, 0.3) is 75.8 Å². The highest BCUT2D eigenvalue weighted by molar-refractivity contribution is 7.26. The number of anilines is 3. The van der Waals surface area contributed by atoms with E-state index in [4.69, 9.17) is 0 Å². The molecule has 294 valence electrons. The summed E-state index contributed by atoms with van der Waals surface area (Å²) in [6.07, 6.45) is 0. The smallest absolute Gasteiger partial charge is 0.0726 e. The molecule has 0 unspecified atom stereocenters. The molecule has 11 aromatic rings. The zero-order chi connectivity index (χ0) is 41.5. The maximum atomic E-state index is 2.45. The van der Waals surface area contributed by atoms with Crippen molar-refractivity contribution >= 4 is 48.6 Å². The van der Waals surface area contributed by atoms with Crippen molar-refractivity contribution in [3.8, 4) is 55.6 Å². The second kappa shape index (κ2) is 14.1. The minimum atomic E-state index is -0.349. The summed E-state index contributed by atoms with van der Waals surface area (Å²) >= 11 is 1.94. The number of benzene rings is 10. The molecule has 0 bridgehead atoms. The van der Waals surface area contributed by atoms with E-state index in [0.29, 0.717) is 0 Å². The molecule has 1 aromatic heterocycles. The van der Waals surface area contributed by atoms with Gasteiger partial charge in [0.25, 0.3) is 0 Å². The third kappa shape index (κ3) is 5.35. The third-order valence-corrected chi connectivity index (χ3v) is 14.7. The average molecular weight is 818 g/mol. The highest BCUT2D eigenvalue weighted by Gasteiger charge is 2.52. The summed E-state index contributed by atoms with van der Waals surface area (Å²) in [6, 6.07) is 87.3. The number of thiophene rings is 1. The predicted octanol–water partition coefficient (Wildman–Crippen LogP) is 16.9. The normalized spacial score (nSPS) is 12.9. The van der Waals surface area contributed by atoms with Crippen LogP contribution in [0.5, 0.6) is 0 Å². The van der Waals surface area contributed by atoms with Crippen molar-refractivity contribution in [3.05, 3.63) is 259 Å². The van der Waals surface area contributed by atoms with Gasteiger partial charge in [0.15, 0.2) is 0 Å². The highest BCUT2D eigenvalue weighted by Crippen LogP contribution is 2.64. The topological polar surface area (TPSA) is 3.24 Å².